The zero-order chi connectivity index (χ0) is 13.2. The van der Waals surface area contributed by atoms with Crippen LogP contribution in [0.5, 0.6) is 0 Å². The Hall–Kier alpha value is -1.73. The van der Waals surface area contributed by atoms with Gasteiger partial charge in [0.05, 0.1) is 24.9 Å². The van der Waals surface area contributed by atoms with Gasteiger partial charge in [-0.2, -0.15) is 5.10 Å². The number of hydrogen-bond acceptors (Lipinski definition) is 6. The first kappa shape index (κ1) is 12.3. The summed E-state index contributed by atoms with van der Waals surface area (Å²) >= 11 is 0. The summed E-state index contributed by atoms with van der Waals surface area (Å²) in [5.41, 5.74) is 0. The van der Waals surface area contributed by atoms with Crippen molar-refractivity contribution in [2.24, 2.45) is 0 Å². The van der Waals surface area contributed by atoms with Crippen LogP contribution in [-0.2, 0) is 11.3 Å². The van der Waals surface area contributed by atoms with Crippen molar-refractivity contribution in [1.82, 2.24) is 25.2 Å². The molecule has 1 fully saturated rings. The number of nitrogens with one attached hydrogen (secondary N) is 1. The van der Waals surface area contributed by atoms with Crippen LogP contribution < -0.4 is 0 Å². The minimum absolute atomic E-state index is 0.153. The van der Waals surface area contributed by atoms with Crippen LogP contribution in [0, 0.1) is 6.92 Å². The van der Waals surface area contributed by atoms with E-state index in [0.29, 0.717) is 6.54 Å². The van der Waals surface area contributed by atoms with Crippen LogP contribution >= 0.6 is 0 Å². The normalized spacial score (nSPS) is 24.1. The Bertz CT molecular complexity index is 524. The lowest BCUT2D eigenvalue weighted by Crippen LogP contribution is -2.25. The van der Waals surface area contributed by atoms with Gasteiger partial charge in [0.25, 0.3) is 0 Å². The molecule has 0 unspecified atom stereocenters. The highest BCUT2D eigenvalue weighted by molar-refractivity contribution is 5.04. The van der Waals surface area contributed by atoms with E-state index in [9.17, 15) is 0 Å². The molecule has 7 heteroatoms. The number of hydrogen-bond donors (Lipinski definition) is 1. The van der Waals surface area contributed by atoms with Gasteiger partial charge in [-0.1, -0.05) is 5.16 Å². The summed E-state index contributed by atoms with van der Waals surface area (Å²) in [6.45, 7) is 3.44. The van der Waals surface area contributed by atoms with Crippen LogP contribution in [-0.4, -0.2) is 45.0 Å². The summed E-state index contributed by atoms with van der Waals surface area (Å²) in [5, 5.41) is 10.9. The van der Waals surface area contributed by atoms with Gasteiger partial charge >= 0.3 is 0 Å². The van der Waals surface area contributed by atoms with Crippen molar-refractivity contribution in [1.29, 1.82) is 0 Å². The maximum absolute atomic E-state index is 5.47. The van der Waals surface area contributed by atoms with Crippen molar-refractivity contribution >= 4 is 0 Å². The van der Waals surface area contributed by atoms with Crippen molar-refractivity contribution in [2.45, 2.75) is 32.0 Å². The third kappa shape index (κ3) is 2.52. The molecule has 7 nitrogen and oxygen atoms in total. The molecular weight excluding hydrogens is 246 g/mol. The van der Waals surface area contributed by atoms with E-state index >= 15 is 0 Å². The van der Waals surface area contributed by atoms with Crippen LogP contribution in [0.3, 0.4) is 0 Å². The highest BCUT2D eigenvalue weighted by Crippen LogP contribution is 2.32. The lowest BCUT2D eigenvalue weighted by molar-refractivity contribution is 0.105. The number of likely N-dealkylation sites (tertiary alicyclic amines) is 1. The van der Waals surface area contributed by atoms with Crippen molar-refractivity contribution in [3.63, 3.8) is 0 Å². The van der Waals surface area contributed by atoms with Crippen LogP contribution in [0.4, 0.5) is 0 Å². The Morgan fingerprint density at radius 3 is 3.11 bits per heavy atom. The summed E-state index contributed by atoms with van der Waals surface area (Å²) in [7, 11) is 1.74. The molecule has 2 aromatic rings. The molecule has 1 aliphatic rings. The molecule has 0 saturated carbocycles. The lowest BCUT2D eigenvalue weighted by atomic mass is 10.2. The Kier molecular flexibility index (Phi) is 3.31. The molecule has 0 amide bonds. The standard InChI is InChI=1S/C12H17N5O2/c1-8-14-12(16-15-8)11-5-10(18-2)7-17(11)6-9-3-4-13-19-9/h3-4,10-11H,5-7H2,1-2H3,(H,14,15,16)/t10-,11+/m1/s1. The second kappa shape index (κ2) is 5.10. The first-order valence-electron chi connectivity index (χ1n) is 6.31. The van der Waals surface area contributed by atoms with E-state index in [0.717, 1.165) is 30.4 Å². The van der Waals surface area contributed by atoms with Gasteiger partial charge in [-0.15, -0.1) is 0 Å². The van der Waals surface area contributed by atoms with Gasteiger partial charge in [0, 0.05) is 19.7 Å². The van der Waals surface area contributed by atoms with E-state index in [1.54, 1.807) is 13.3 Å². The fourth-order valence-electron chi connectivity index (χ4n) is 2.51. The van der Waals surface area contributed by atoms with Gasteiger partial charge in [-0.25, -0.2) is 4.98 Å². The molecule has 1 aliphatic heterocycles. The van der Waals surface area contributed by atoms with E-state index in [1.807, 2.05) is 13.0 Å². The van der Waals surface area contributed by atoms with Gasteiger partial charge in [0.1, 0.15) is 5.82 Å². The number of aromatic nitrogens is 4. The molecule has 3 heterocycles. The number of nitrogens with zero attached hydrogens (tertiary/aromatic N) is 4. The predicted molar refractivity (Wildman–Crippen MR) is 66.2 cm³/mol. The van der Waals surface area contributed by atoms with Gasteiger partial charge < -0.3 is 9.26 Å². The van der Waals surface area contributed by atoms with E-state index in [1.165, 1.54) is 0 Å². The predicted octanol–water partition coefficient (Wildman–Crippen LogP) is 1.06. The van der Waals surface area contributed by atoms with Gasteiger partial charge in [-0.3, -0.25) is 10.00 Å². The van der Waals surface area contributed by atoms with Crippen molar-refractivity contribution in [3.05, 3.63) is 29.7 Å². The maximum atomic E-state index is 5.47. The quantitative estimate of drug-likeness (QED) is 0.888. The first-order valence-corrected chi connectivity index (χ1v) is 6.31. The Balaban J connectivity index is 1.79. The average Bonchev–Trinajstić information content (AvgIpc) is 3.10. The van der Waals surface area contributed by atoms with Crippen LogP contribution in [0.25, 0.3) is 0 Å². The highest BCUT2D eigenvalue weighted by atomic mass is 16.5. The maximum Gasteiger partial charge on any atom is 0.167 e. The van der Waals surface area contributed by atoms with E-state index < -0.39 is 0 Å². The number of ether oxygens (including phenoxy) is 1. The summed E-state index contributed by atoms with van der Waals surface area (Å²) in [5.74, 6) is 2.49. The zero-order valence-electron chi connectivity index (χ0n) is 11.0. The van der Waals surface area contributed by atoms with Crippen molar-refractivity contribution < 1.29 is 9.26 Å². The summed E-state index contributed by atoms with van der Waals surface area (Å²) in [6.07, 6.45) is 2.75. The molecule has 3 rings (SSSR count). The summed E-state index contributed by atoms with van der Waals surface area (Å²) in [4.78, 5) is 6.69. The van der Waals surface area contributed by atoms with E-state index in [-0.39, 0.29) is 12.1 Å². The molecule has 2 aromatic heterocycles. The molecule has 1 N–H and O–H groups in total. The second-order valence-corrected chi connectivity index (χ2v) is 4.80. The minimum Gasteiger partial charge on any atom is -0.380 e. The first-order chi connectivity index (χ1) is 9.26. The van der Waals surface area contributed by atoms with Crippen LogP contribution in [0.15, 0.2) is 16.8 Å². The molecule has 0 aromatic carbocycles. The van der Waals surface area contributed by atoms with E-state index in [4.69, 9.17) is 9.26 Å². The lowest BCUT2D eigenvalue weighted by Gasteiger charge is -2.19. The number of methoxy groups -OCH3 is 1. The molecule has 0 bridgehead atoms. The molecular formula is C12H17N5O2. The molecule has 0 aliphatic carbocycles. The van der Waals surface area contributed by atoms with Crippen LogP contribution in [0.2, 0.25) is 0 Å². The topological polar surface area (TPSA) is 80.1 Å². The molecule has 102 valence electrons. The third-order valence-corrected chi connectivity index (χ3v) is 3.46. The molecule has 2 atom stereocenters. The highest BCUT2D eigenvalue weighted by Gasteiger charge is 2.36. The fourth-order valence-corrected chi connectivity index (χ4v) is 2.51. The zero-order valence-corrected chi connectivity index (χ0v) is 11.0. The molecule has 0 radical (unpaired) electrons. The Labute approximate surface area is 110 Å². The summed E-state index contributed by atoms with van der Waals surface area (Å²) in [6, 6.07) is 2.03. The van der Waals surface area contributed by atoms with Crippen molar-refractivity contribution in [2.75, 3.05) is 13.7 Å². The molecule has 19 heavy (non-hydrogen) atoms. The Morgan fingerprint density at radius 2 is 2.47 bits per heavy atom. The van der Waals surface area contributed by atoms with Gasteiger partial charge in [0.2, 0.25) is 0 Å². The molecule has 0 spiro atoms. The monoisotopic (exact) mass is 263 g/mol. The Morgan fingerprint density at radius 1 is 1.58 bits per heavy atom. The second-order valence-electron chi connectivity index (χ2n) is 4.80. The molecule has 1 saturated heterocycles. The summed E-state index contributed by atoms with van der Waals surface area (Å²) < 4.78 is 10.6. The average molecular weight is 263 g/mol. The van der Waals surface area contributed by atoms with E-state index in [2.05, 4.69) is 25.2 Å². The van der Waals surface area contributed by atoms with Crippen molar-refractivity contribution in [3.8, 4) is 0 Å². The van der Waals surface area contributed by atoms with Gasteiger partial charge in [-0.05, 0) is 13.3 Å². The van der Waals surface area contributed by atoms with Crippen LogP contribution in [0.1, 0.15) is 29.9 Å². The largest absolute Gasteiger partial charge is 0.380 e. The van der Waals surface area contributed by atoms with Gasteiger partial charge in [0.15, 0.2) is 11.6 Å². The number of rotatable bonds is 4. The number of aromatic amines is 1. The third-order valence-electron chi connectivity index (χ3n) is 3.46. The number of H-pyrrole nitrogens is 1. The minimum atomic E-state index is 0.153. The SMILES string of the molecule is CO[C@@H]1C[C@@H](c2n[nH]c(C)n2)N(Cc2ccno2)C1. The smallest absolute Gasteiger partial charge is 0.167 e. The number of aryl methyl sites for hydroxylation is 1. The fraction of sp³-hybridized carbons (Fsp3) is 0.583.